The van der Waals surface area contributed by atoms with Gasteiger partial charge in [0.05, 0.1) is 11.4 Å². The van der Waals surface area contributed by atoms with Crippen LogP contribution in [0.2, 0.25) is 5.02 Å². The second-order valence-corrected chi connectivity index (χ2v) is 4.21. The second-order valence-electron chi connectivity index (χ2n) is 3.78. The molecule has 0 saturated carbocycles. The molecule has 0 bridgehead atoms. The van der Waals surface area contributed by atoms with Crippen LogP contribution in [0.15, 0.2) is 36.5 Å². The molecule has 0 radical (unpaired) electrons. The Kier molecular flexibility index (Phi) is 3.48. The van der Waals surface area contributed by atoms with Crippen LogP contribution in [0.25, 0.3) is 11.8 Å². The van der Waals surface area contributed by atoms with Crippen LogP contribution in [0.5, 0.6) is 0 Å². The highest BCUT2D eigenvalue weighted by Crippen LogP contribution is 2.20. The number of benzene rings is 1. The first-order valence-electron chi connectivity index (χ1n) is 5.29. The lowest BCUT2D eigenvalue weighted by atomic mass is 10.1. The first-order valence-corrected chi connectivity index (χ1v) is 5.67. The number of nitrogens with zero attached hydrogens (tertiary/aromatic N) is 2. The molecule has 4 nitrogen and oxygen atoms in total. The maximum absolute atomic E-state index is 10.6. The normalized spacial score (nSPS) is 11.0. The minimum Gasteiger partial charge on any atom is -0.478 e. The lowest BCUT2D eigenvalue weighted by molar-refractivity contribution is -0.131. The van der Waals surface area contributed by atoms with Gasteiger partial charge in [-0.05, 0) is 37.3 Å². The Labute approximate surface area is 109 Å². The molecule has 2 rings (SSSR count). The molecule has 1 N–H and O–H groups in total. The first-order chi connectivity index (χ1) is 8.56. The summed E-state index contributed by atoms with van der Waals surface area (Å²) in [7, 11) is 0. The summed E-state index contributed by atoms with van der Waals surface area (Å²) in [4.78, 5) is 10.6. The Morgan fingerprint density at radius 3 is 2.83 bits per heavy atom. The van der Waals surface area contributed by atoms with Crippen LogP contribution in [0.1, 0.15) is 11.3 Å². The molecule has 1 aromatic carbocycles. The van der Waals surface area contributed by atoms with Crippen molar-refractivity contribution in [3.63, 3.8) is 0 Å². The number of aryl methyl sites for hydroxylation is 1. The summed E-state index contributed by atoms with van der Waals surface area (Å²) in [6.07, 6.45) is 4.39. The van der Waals surface area contributed by atoms with Crippen LogP contribution >= 0.6 is 11.6 Å². The zero-order valence-electron chi connectivity index (χ0n) is 9.67. The number of carbonyl (C=O) groups is 1. The number of hydrogen-bond donors (Lipinski definition) is 1. The lowest BCUT2D eigenvalue weighted by Gasteiger charge is -2.06. The summed E-state index contributed by atoms with van der Waals surface area (Å²) in [6.45, 7) is 1.89. The van der Waals surface area contributed by atoms with Crippen LogP contribution in [0.4, 0.5) is 0 Å². The van der Waals surface area contributed by atoms with E-state index in [0.29, 0.717) is 10.6 Å². The van der Waals surface area contributed by atoms with E-state index in [1.165, 1.54) is 6.08 Å². The largest absolute Gasteiger partial charge is 0.478 e. The molecule has 2 aromatic rings. The molecule has 0 amide bonds. The van der Waals surface area contributed by atoms with Gasteiger partial charge in [0, 0.05) is 22.9 Å². The van der Waals surface area contributed by atoms with Gasteiger partial charge in [0.2, 0.25) is 0 Å². The molecule has 0 aliphatic heterocycles. The van der Waals surface area contributed by atoms with E-state index in [9.17, 15) is 4.79 Å². The average Bonchev–Trinajstić information content (AvgIpc) is 2.73. The minimum atomic E-state index is -1.00. The van der Waals surface area contributed by atoms with E-state index in [0.717, 1.165) is 17.5 Å². The highest BCUT2D eigenvalue weighted by atomic mass is 35.5. The third kappa shape index (κ3) is 2.78. The van der Waals surface area contributed by atoms with Gasteiger partial charge in [-0.25, -0.2) is 9.48 Å². The molecule has 0 aliphatic rings. The zero-order chi connectivity index (χ0) is 13.1. The van der Waals surface area contributed by atoms with Crippen LogP contribution in [0, 0.1) is 6.92 Å². The van der Waals surface area contributed by atoms with Crippen molar-refractivity contribution in [2.45, 2.75) is 6.92 Å². The summed E-state index contributed by atoms with van der Waals surface area (Å²) >= 11 is 5.91. The molecule has 92 valence electrons. The number of carboxylic acids is 1. The molecule has 0 aliphatic carbocycles. The van der Waals surface area contributed by atoms with Crippen molar-refractivity contribution in [3.8, 4) is 5.69 Å². The Hall–Kier alpha value is -2.07. The van der Waals surface area contributed by atoms with Gasteiger partial charge in [0.25, 0.3) is 0 Å². The summed E-state index contributed by atoms with van der Waals surface area (Å²) in [5, 5.41) is 13.5. The van der Waals surface area contributed by atoms with Gasteiger partial charge in [-0.15, -0.1) is 0 Å². The van der Waals surface area contributed by atoms with Gasteiger partial charge < -0.3 is 5.11 Å². The van der Waals surface area contributed by atoms with Gasteiger partial charge in [-0.1, -0.05) is 11.6 Å². The molecular formula is C13H11ClN2O2. The molecule has 5 heteroatoms. The van der Waals surface area contributed by atoms with E-state index >= 15 is 0 Å². The Bertz CT molecular complexity index is 617. The Balaban J connectivity index is 2.50. The average molecular weight is 263 g/mol. The molecular weight excluding hydrogens is 252 g/mol. The predicted octanol–water partition coefficient (Wildman–Crippen LogP) is 2.93. The zero-order valence-corrected chi connectivity index (χ0v) is 10.4. The fourth-order valence-electron chi connectivity index (χ4n) is 1.58. The standard InChI is InChI=1S/C13H11ClN2O2/c1-9-6-7-16(15-9)12-4-3-11(14)8-10(12)2-5-13(17)18/h2-8H,1H3,(H,17,18)/b5-2+. The Morgan fingerprint density at radius 1 is 1.44 bits per heavy atom. The number of hydrogen-bond acceptors (Lipinski definition) is 2. The quantitative estimate of drug-likeness (QED) is 0.866. The summed E-state index contributed by atoms with van der Waals surface area (Å²) < 4.78 is 1.69. The third-order valence-corrected chi connectivity index (χ3v) is 2.60. The highest BCUT2D eigenvalue weighted by molar-refractivity contribution is 6.30. The number of rotatable bonds is 3. The molecule has 1 aromatic heterocycles. The SMILES string of the molecule is Cc1ccn(-c2ccc(Cl)cc2/C=C/C(=O)O)n1. The number of halogens is 1. The number of aliphatic carboxylic acids is 1. The van der Waals surface area contributed by atoms with Crippen LogP contribution in [0.3, 0.4) is 0 Å². The molecule has 0 fully saturated rings. The van der Waals surface area contributed by atoms with E-state index in [2.05, 4.69) is 5.10 Å². The number of carboxylic acid groups (broad SMARTS) is 1. The monoisotopic (exact) mass is 262 g/mol. The molecule has 1 heterocycles. The van der Waals surface area contributed by atoms with Gasteiger partial charge in [-0.3, -0.25) is 0 Å². The smallest absolute Gasteiger partial charge is 0.328 e. The van der Waals surface area contributed by atoms with Crippen molar-refractivity contribution >= 4 is 23.6 Å². The topological polar surface area (TPSA) is 55.1 Å². The van der Waals surface area contributed by atoms with Crippen LogP contribution in [-0.2, 0) is 4.79 Å². The fraction of sp³-hybridized carbons (Fsp3) is 0.0769. The third-order valence-electron chi connectivity index (χ3n) is 2.36. The molecule has 0 atom stereocenters. The predicted molar refractivity (Wildman–Crippen MR) is 70.0 cm³/mol. The fourth-order valence-corrected chi connectivity index (χ4v) is 1.76. The highest BCUT2D eigenvalue weighted by Gasteiger charge is 2.05. The van der Waals surface area contributed by atoms with E-state index in [1.807, 2.05) is 19.2 Å². The Morgan fingerprint density at radius 2 is 2.22 bits per heavy atom. The van der Waals surface area contributed by atoms with Gasteiger partial charge in [0.1, 0.15) is 0 Å². The summed E-state index contributed by atoms with van der Waals surface area (Å²) in [5.74, 6) is -1.00. The van der Waals surface area contributed by atoms with Crippen molar-refractivity contribution in [3.05, 3.63) is 52.8 Å². The van der Waals surface area contributed by atoms with Crippen LogP contribution < -0.4 is 0 Å². The second kappa shape index (κ2) is 5.06. The molecule has 0 saturated heterocycles. The van der Waals surface area contributed by atoms with Crippen molar-refractivity contribution in [1.29, 1.82) is 0 Å². The molecule has 0 spiro atoms. The van der Waals surface area contributed by atoms with Gasteiger partial charge in [0.15, 0.2) is 0 Å². The summed E-state index contributed by atoms with van der Waals surface area (Å²) in [5.41, 5.74) is 2.37. The maximum atomic E-state index is 10.6. The van der Waals surface area contributed by atoms with Gasteiger partial charge >= 0.3 is 5.97 Å². The van der Waals surface area contributed by atoms with E-state index < -0.39 is 5.97 Å². The summed E-state index contributed by atoms with van der Waals surface area (Å²) in [6, 6.07) is 7.12. The first kappa shape index (κ1) is 12.4. The molecule has 18 heavy (non-hydrogen) atoms. The van der Waals surface area contributed by atoms with Gasteiger partial charge in [-0.2, -0.15) is 5.10 Å². The molecule has 0 unspecified atom stereocenters. The van der Waals surface area contributed by atoms with E-state index in [-0.39, 0.29) is 0 Å². The van der Waals surface area contributed by atoms with E-state index in [1.54, 1.807) is 22.9 Å². The van der Waals surface area contributed by atoms with E-state index in [4.69, 9.17) is 16.7 Å². The minimum absolute atomic E-state index is 0.549. The lowest BCUT2D eigenvalue weighted by Crippen LogP contribution is -1.98. The number of aromatic nitrogens is 2. The van der Waals surface area contributed by atoms with Crippen molar-refractivity contribution in [2.24, 2.45) is 0 Å². The van der Waals surface area contributed by atoms with Crippen LogP contribution in [-0.4, -0.2) is 20.9 Å². The van der Waals surface area contributed by atoms with Crippen molar-refractivity contribution in [1.82, 2.24) is 9.78 Å². The van der Waals surface area contributed by atoms with Crippen molar-refractivity contribution in [2.75, 3.05) is 0 Å². The van der Waals surface area contributed by atoms with Crippen molar-refractivity contribution < 1.29 is 9.90 Å². The maximum Gasteiger partial charge on any atom is 0.328 e.